The van der Waals surface area contributed by atoms with Gasteiger partial charge in [-0.05, 0) is 61.2 Å². The summed E-state index contributed by atoms with van der Waals surface area (Å²) in [5, 5.41) is 2.56. The Morgan fingerprint density at radius 1 is 1.23 bits per heavy atom. The van der Waals surface area contributed by atoms with Crippen LogP contribution in [0.4, 0.5) is 14.6 Å². The maximum atomic E-state index is 13.5. The van der Waals surface area contributed by atoms with E-state index in [0.717, 1.165) is 36.5 Å². The fourth-order valence-corrected chi connectivity index (χ4v) is 3.00. The van der Waals surface area contributed by atoms with Gasteiger partial charge in [0.1, 0.15) is 11.7 Å². The molecule has 0 bridgehead atoms. The maximum absolute atomic E-state index is 13.5. The first-order valence-corrected chi connectivity index (χ1v) is 10.1. The van der Waals surface area contributed by atoms with Crippen molar-refractivity contribution in [1.29, 1.82) is 0 Å². The van der Waals surface area contributed by atoms with E-state index in [1.54, 1.807) is 18.3 Å². The van der Waals surface area contributed by atoms with Crippen LogP contribution in [0, 0.1) is 0 Å². The van der Waals surface area contributed by atoms with Crippen molar-refractivity contribution in [2.75, 3.05) is 5.32 Å². The zero-order valence-corrected chi connectivity index (χ0v) is 18.2. The summed E-state index contributed by atoms with van der Waals surface area (Å²) in [5.41, 5.74) is 9.19. The molecule has 0 unspecified atom stereocenters. The Balaban J connectivity index is 2.25. The number of nitrogens with one attached hydrogen (secondary N) is 1. The van der Waals surface area contributed by atoms with Crippen LogP contribution in [0.1, 0.15) is 62.0 Å². The first-order valence-electron chi connectivity index (χ1n) is 10.1. The molecule has 0 atom stereocenters. The van der Waals surface area contributed by atoms with Gasteiger partial charge in [-0.15, -0.1) is 0 Å². The van der Waals surface area contributed by atoms with Gasteiger partial charge in [-0.1, -0.05) is 31.6 Å². The number of amides is 1. The van der Waals surface area contributed by atoms with E-state index < -0.39 is 11.8 Å². The summed E-state index contributed by atoms with van der Waals surface area (Å²) in [7, 11) is 0. The Morgan fingerprint density at radius 3 is 2.45 bits per heavy atom. The molecule has 3 N–H and O–H groups in total. The predicted molar refractivity (Wildman–Crippen MR) is 122 cm³/mol. The normalized spacial score (nSPS) is 13.3. The Morgan fingerprint density at radius 2 is 1.87 bits per heavy atom. The number of nitrogens with two attached hydrogens (primary N) is 1. The van der Waals surface area contributed by atoms with Gasteiger partial charge in [0.2, 0.25) is 0 Å². The number of alkyl halides is 2. The molecule has 0 saturated carbocycles. The number of anilines is 1. The van der Waals surface area contributed by atoms with Crippen LogP contribution < -0.4 is 11.1 Å². The number of rotatable bonds is 8. The van der Waals surface area contributed by atoms with Crippen molar-refractivity contribution < 1.29 is 13.6 Å². The highest BCUT2D eigenvalue weighted by atomic mass is 19.3. The van der Waals surface area contributed by atoms with Crippen LogP contribution in [0.2, 0.25) is 0 Å². The third-order valence-corrected chi connectivity index (χ3v) is 4.71. The second-order valence-electron chi connectivity index (χ2n) is 7.20. The summed E-state index contributed by atoms with van der Waals surface area (Å²) in [6, 6.07) is 9.39. The van der Waals surface area contributed by atoms with Crippen LogP contribution in [-0.2, 0) is 5.92 Å². The minimum atomic E-state index is -3.01. The van der Waals surface area contributed by atoms with Crippen molar-refractivity contribution in [1.82, 2.24) is 4.98 Å². The molecule has 1 heterocycles. The summed E-state index contributed by atoms with van der Waals surface area (Å²) >= 11 is 0. The lowest BCUT2D eigenvalue weighted by molar-refractivity contribution is 0.0174. The minimum Gasteiger partial charge on any atom is -0.383 e. The molecular formula is C24H28F2N4O. The summed E-state index contributed by atoms with van der Waals surface area (Å²) in [6.45, 7) is 6.71. The highest BCUT2D eigenvalue weighted by Gasteiger charge is 2.24. The van der Waals surface area contributed by atoms with Gasteiger partial charge in [-0.25, -0.2) is 18.8 Å². The number of hydrogen-bond acceptors (Lipinski definition) is 3. The monoisotopic (exact) mass is 426 g/mol. The van der Waals surface area contributed by atoms with Crippen molar-refractivity contribution in [3.05, 3.63) is 77.1 Å². The van der Waals surface area contributed by atoms with Crippen LogP contribution >= 0.6 is 0 Å². The molecule has 7 heteroatoms. The summed E-state index contributed by atoms with van der Waals surface area (Å²) < 4.78 is 27.0. The van der Waals surface area contributed by atoms with Crippen LogP contribution in [0.15, 0.2) is 65.4 Å². The van der Waals surface area contributed by atoms with Gasteiger partial charge >= 0.3 is 0 Å². The minimum absolute atomic E-state index is 0.0716. The fraction of sp³-hybridized carbons (Fsp3) is 0.292. The van der Waals surface area contributed by atoms with Crippen LogP contribution in [0.25, 0.3) is 5.57 Å². The van der Waals surface area contributed by atoms with Crippen LogP contribution in [0.5, 0.6) is 0 Å². The summed E-state index contributed by atoms with van der Waals surface area (Å²) in [4.78, 5) is 20.7. The Bertz CT molecular complexity index is 1000. The second kappa shape index (κ2) is 10.6. The van der Waals surface area contributed by atoms with E-state index in [1.165, 1.54) is 18.3 Å². The van der Waals surface area contributed by atoms with Crippen LogP contribution in [0.3, 0.4) is 0 Å². The topological polar surface area (TPSA) is 80.4 Å². The zero-order valence-electron chi connectivity index (χ0n) is 18.2. The number of aromatic nitrogens is 1. The standard InChI is InChI=1S/C24H28F2N4O/c1-5-7-20(22(27)29-13-6-2)16(3)17-8-10-18(11-9-17)23(31)30-21-15-19(12-14-28-21)24(4,25)26/h6,8-15H,5,7H2,1-4H3,(H2,27,29)(H,28,30,31)/b13-6-,20-16-. The average molecular weight is 427 g/mol. The van der Waals surface area contributed by atoms with Crippen LogP contribution in [-0.4, -0.2) is 16.7 Å². The van der Waals surface area contributed by atoms with E-state index in [4.69, 9.17) is 5.73 Å². The van der Waals surface area contributed by atoms with Crippen molar-refractivity contribution in [2.45, 2.75) is 46.5 Å². The maximum Gasteiger partial charge on any atom is 0.270 e. The van der Waals surface area contributed by atoms with Crippen molar-refractivity contribution >= 4 is 23.1 Å². The number of amidine groups is 1. The molecule has 0 aliphatic heterocycles. The lowest BCUT2D eigenvalue weighted by Gasteiger charge is -2.13. The van der Waals surface area contributed by atoms with E-state index in [-0.39, 0.29) is 11.4 Å². The van der Waals surface area contributed by atoms with Crippen molar-refractivity contribution in [2.24, 2.45) is 10.7 Å². The Kier molecular flexibility index (Phi) is 8.19. The number of aliphatic imine (C=N–C) groups is 1. The molecule has 164 valence electrons. The fourth-order valence-electron chi connectivity index (χ4n) is 3.00. The smallest absolute Gasteiger partial charge is 0.270 e. The molecule has 1 aromatic carbocycles. The number of nitrogens with zero attached hydrogens (tertiary/aromatic N) is 2. The van der Waals surface area contributed by atoms with E-state index in [9.17, 15) is 13.6 Å². The second-order valence-corrected chi connectivity index (χ2v) is 7.20. The summed E-state index contributed by atoms with van der Waals surface area (Å²) in [5.74, 6) is -2.90. The molecule has 2 aromatic rings. The molecule has 5 nitrogen and oxygen atoms in total. The highest BCUT2D eigenvalue weighted by Crippen LogP contribution is 2.28. The first-order chi connectivity index (χ1) is 14.7. The SMILES string of the molecule is C\C=C/N=C(N)/C(CCC)=C(/C)c1ccc(C(=O)Nc2cc(C(C)(F)F)ccn2)cc1. The van der Waals surface area contributed by atoms with Gasteiger partial charge in [-0.3, -0.25) is 4.79 Å². The molecule has 0 fully saturated rings. The van der Waals surface area contributed by atoms with Gasteiger partial charge in [-0.2, -0.15) is 0 Å². The molecule has 31 heavy (non-hydrogen) atoms. The number of benzene rings is 1. The Hall–Kier alpha value is -3.35. The van der Waals surface area contributed by atoms with Gasteiger partial charge in [0.05, 0.1) is 0 Å². The van der Waals surface area contributed by atoms with Gasteiger partial charge in [0, 0.05) is 30.4 Å². The van der Waals surface area contributed by atoms with Crippen molar-refractivity contribution in [3.63, 3.8) is 0 Å². The zero-order chi connectivity index (χ0) is 23.0. The lowest BCUT2D eigenvalue weighted by Crippen LogP contribution is -2.16. The number of halogens is 2. The Labute approximate surface area is 181 Å². The van der Waals surface area contributed by atoms with Gasteiger partial charge in [0.15, 0.2) is 0 Å². The molecule has 0 radical (unpaired) electrons. The van der Waals surface area contributed by atoms with Crippen molar-refractivity contribution in [3.8, 4) is 0 Å². The molecule has 0 aliphatic rings. The van der Waals surface area contributed by atoms with Gasteiger partial charge in [0.25, 0.3) is 11.8 Å². The molecular weight excluding hydrogens is 398 g/mol. The first kappa shape index (κ1) is 23.9. The number of carbonyl (C=O) groups is 1. The number of hydrogen-bond donors (Lipinski definition) is 2. The highest BCUT2D eigenvalue weighted by molar-refractivity contribution is 6.05. The van der Waals surface area contributed by atoms with E-state index in [0.29, 0.717) is 11.4 Å². The molecule has 0 spiro atoms. The van der Waals surface area contributed by atoms with E-state index >= 15 is 0 Å². The summed E-state index contributed by atoms with van der Waals surface area (Å²) in [6.07, 6.45) is 6.41. The molecule has 0 aliphatic carbocycles. The largest absolute Gasteiger partial charge is 0.383 e. The third kappa shape index (κ3) is 6.57. The quantitative estimate of drug-likeness (QED) is 0.407. The van der Waals surface area contributed by atoms with E-state index in [2.05, 4.69) is 22.2 Å². The average Bonchev–Trinajstić information content (AvgIpc) is 2.75. The predicted octanol–water partition coefficient (Wildman–Crippen LogP) is 5.91. The number of allylic oxidation sites excluding steroid dienone is 2. The number of carbonyl (C=O) groups excluding carboxylic acids is 1. The molecule has 2 rings (SSSR count). The molecule has 0 saturated heterocycles. The third-order valence-electron chi connectivity index (χ3n) is 4.71. The molecule has 1 amide bonds. The number of pyridine rings is 1. The van der Waals surface area contributed by atoms with Gasteiger partial charge < -0.3 is 11.1 Å². The lowest BCUT2D eigenvalue weighted by atomic mass is 9.96. The molecule has 1 aromatic heterocycles. The van der Waals surface area contributed by atoms with E-state index in [1.807, 2.05) is 32.1 Å².